The minimum Gasteiger partial charge on any atom is -0.480 e. The zero-order valence-corrected chi connectivity index (χ0v) is 11.5. The van der Waals surface area contributed by atoms with Crippen LogP contribution in [-0.2, 0) is 17.8 Å². The first kappa shape index (κ1) is 13.2. The van der Waals surface area contributed by atoms with Crippen molar-refractivity contribution in [2.45, 2.75) is 19.0 Å². The van der Waals surface area contributed by atoms with E-state index in [9.17, 15) is 9.90 Å². The van der Waals surface area contributed by atoms with Crippen LogP contribution in [-0.4, -0.2) is 22.5 Å². The van der Waals surface area contributed by atoms with E-state index in [1.807, 2.05) is 23.1 Å². The minimum absolute atomic E-state index is 0.581. The van der Waals surface area contributed by atoms with Crippen molar-refractivity contribution in [2.75, 3.05) is 6.54 Å². The second kappa shape index (κ2) is 5.31. The standard InChI is InChI=1S/C15H14ClNO3/c16-13-3-1-2-10-8-17(6-4-12(10)13)14(15(18)19)11-5-7-20-9-11/h1-3,5,7,9,14H,4,6,8H2,(H,18,19). The summed E-state index contributed by atoms with van der Waals surface area (Å²) in [4.78, 5) is 13.5. The van der Waals surface area contributed by atoms with E-state index in [4.69, 9.17) is 16.0 Å². The Kier molecular flexibility index (Phi) is 3.51. The van der Waals surface area contributed by atoms with Crippen LogP contribution in [0.3, 0.4) is 0 Å². The van der Waals surface area contributed by atoms with Gasteiger partial charge in [0.15, 0.2) is 0 Å². The summed E-state index contributed by atoms with van der Waals surface area (Å²) in [5.74, 6) is -0.864. The van der Waals surface area contributed by atoms with Gasteiger partial charge in [-0.1, -0.05) is 23.7 Å². The van der Waals surface area contributed by atoms with Gasteiger partial charge < -0.3 is 9.52 Å². The molecule has 0 amide bonds. The van der Waals surface area contributed by atoms with Crippen molar-refractivity contribution in [3.8, 4) is 0 Å². The Morgan fingerprint density at radius 3 is 2.95 bits per heavy atom. The van der Waals surface area contributed by atoms with E-state index in [1.165, 1.54) is 12.5 Å². The molecule has 5 heteroatoms. The predicted octanol–water partition coefficient (Wildman–Crippen LogP) is 3.12. The number of nitrogens with zero attached hydrogens (tertiary/aromatic N) is 1. The van der Waals surface area contributed by atoms with Crippen molar-refractivity contribution in [3.63, 3.8) is 0 Å². The number of carbonyl (C=O) groups is 1. The first-order chi connectivity index (χ1) is 9.66. The molecule has 0 spiro atoms. The summed E-state index contributed by atoms with van der Waals surface area (Å²) < 4.78 is 5.01. The lowest BCUT2D eigenvalue weighted by atomic mass is 9.97. The lowest BCUT2D eigenvalue weighted by Crippen LogP contribution is -2.38. The van der Waals surface area contributed by atoms with Gasteiger partial charge in [0, 0.05) is 23.7 Å². The van der Waals surface area contributed by atoms with Crippen LogP contribution >= 0.6 is 11.6 Å². The van der Waals surface area contributed by atoms with Crippen LogP contribution in [0.4, 0.5) is 0 Å². The SMILES string of the molecule is O=C(O)C(c1ccoc1)N1CCc2c(Cl)cccc2C1. The molecule has 0 radical (unpaired) electrons. The average molecular weight is 292 g/mol. The van der Waals surface area contributed by atoms with Gasteiger partial charge in [0.05, 0.1) is 12.5 Å². The Morgan fingerprint density at radius 1 is 1.40 bits per heavy atom. The number of rotatable bonds is 3. The van der Waals surface area contributed by atoms with Crippen molar-refractivity contribution in [3.05, 3.63) is 58.5 Å². The number of aliphatic carboxylic acids is 1. The highest BCUT2D eigenvalue weighted by molar-refractivity contribution is 6.31. The largest absolute Gasteiger partial charge is 0.480 e. The van der Waals surface area contributed by atoms with Gasteiger partial charge in [-0.05, 0) is 29.7 Å². The quantitative estimate of drug-likeness (QED) is 0.944. The smallest absolute Gasteiger partial charge is 0.325 e. The molecule has 4 nitrogen and oxygen atoms in total. The molecule has 2 aromatic rings. The third kappa shape index (κ3) is 2.32. The van der Waals surface area contributed by atoms with Gasteiger partial charge in [0.1, 0.15) is 6.04 Å². The number of halogens is 1. The fourth-order valence-electron chi connectivity index (χ4n) is 2.75. The van der Waals surface area contributed by atoms with Crippen LogP contribution in [0.15, 0.2) is 41.2 Å². The number of furan rings is 1. The van der Waals surface area contributed by atoms with Crippen molar-refractivity contribution in [1.82, 2.24) is 4.90 Å². The second-order valence-corrected chi connectivity index (χ2v) is 5.30. The molecule has 20 heavy (non-hydrogen) atoms. The number of hydrogen-bond acceptors (Lipinski definition) is 3. The van der Waals surface area contributed by atoms with Crippen molar-refractivity contribution in [2.24, 2.45) is 0 Å². The van der Waals surface area contributed by atoms with Gasteiger partial charge in [0.25, 0.3) is 0 Å². The van der Waals surface area contributed by atoms with Crippen LogP contribution < -0.4 is 0 Å². The third-order valence-electron chi connectivity index (χ3n) is 3.70. The van der Waals surface area contributed by atoms with Crippen molar-refractivity contribution in [1.29, 1.82) is 0 Å². The number of carboxylic acid groups (broad SMARTS) is 1. The molecule has 0 aliphatic carbocycles. The fraction of sp³-hybridized carbons (Fsp3) is 0.267. The average Bonchev–Trinajstić information content (AvgIpc) is 2.92. The molecule has 1 atom stereocenters. The summed E-state index contributed by atoms with van der Waals surface area (Å²) in [5.41, 5.74) is 2.89. The molecule has 1 unspecified atom stereocenters. The van der Waals surface area contributed by atoms with Gasteiger partial charge in [-0.2, -0.15) is 0 Å². The van der Waals surface area contributed by atoms with Crippen molar-refractivity contribution >= 4 is 17.6 Å². The van der Waals surface area contributed by atoms with Crippen LogP contribution in [0.2, 0.25) is 5.02 Å². The van der Waals surface area contributed by atoms with Gasteiger partial charge in [-0.15, -0.1) is 0 Å². The highest BCUT2D eigenvalue weighted by atomic mass is 35.5. The highest BCUT2D eigenvalue weighted by Crippen LogP contribution is 2.31. The number of hydrogen-bond donors (Lipinski definition) is 1. The molecule has 1 aromatic heterocycles. The second-order valence-electron chi connectivity index (χ2n) is 4.90. The first-order valence-corrected chi connectivity index (χ1v) is 6.80. The maximum atomic E-state index is 11.6. The maximum absolute atomic E-state index is 11.6. The summed E-state index contributed by atoms with van der Waals surface area (Å²) in [6.07, 6.45) is 3.75. The molecule has 1 aliphatic heterocycles. The molecule has 104 valence electrons. The summed E-state index contributed by atoms with van der Waals surface area (Å²) in [7, 11) is 0. The Bertz CT molecular complexity index is 624. The fourth-order valence-corrected chi connectivity index (χ4v) is 3.03. The minimum atomic E-state index is -0.864. The van der Waals surface area contributed by atoms with Gasteiger partial charge in [0.2, 0.25) is 0 Å². The molecule has 2 heterocycles. The van der Waals surface area contributed by atoms with E-state index in [1.54, 1.807) is 6.07 Å². The van der Waals surface area contributed by atoms with E-state index < -0.39 is 12.0 Å². The predicted molar refractivity (Wildman–Crippen MR) is 74.7 cm³/mol. The molecule has 0 bridgehead atoms. The zero-order valence-electron chi connectivity index (χ0n) is 10.8. The van der Waals surface area contributed by atoms with Gasteiger partial charge in [-0.25, -0.2) is 0 Å². The lowest BCUT2D eigenvalue weighted by molar-refractivity contribution is -0.144. The van der Waals surface area contributed by atoms with Crippen molar-refractivity contribution < 1.29 is 14.3 Å². The molecule has 1 aliphatic rings. The number of carboxylic acids is 1. The Labute approximate surface area is 121 Å². The van der Waals surface area contributed by atoms with Crippen LogP contribution in [0.25, 0.3) is 0 Å². The molecule has 0 saturated carbocycles. The first-order valence-electron chi connectivity index (χ1n) is 6.42. The van der Waals surface area contributed by atoms with Gasteiger partial charge >= 0.3 is 5.97 Å². The van der Waals surface area contributed by atoms with Crippen LogP contribution in [0, 0.1) is 0 Å². The molecular formula is C15H14ClNO3. The molecule has 0 saturated heterocycles. The Morgan fingerprint density at radius 2 is 2.25 bits per heavy atom. The highest BCUT2D eigenvalue weighted by Gasteiger charge is 2.31. The number of fused-ring (bicyclic) bond motifs is 1. The molecule has 1 N–H and O–H groups in total. The summed E-state index contributed by atoms with van der Waals surface area (Å²) in [6, 6.07) is 6.80. The number of benzene rings is 1. The third-order valence-corrected chi connectivity index (χ3v) is 4.05. The molecule has 0 fully saturated rings. The Hall–Kier alpha value is -1.78. The van der Waals surface area contributed by atoms with E-state index >= 15 is 0 Å². The lowest BCUT2D eigenvalue weighted by Gasteiger charge is -2.33. The molecule has 1 aromatic carbocycles. The zero-order chi connectivity index (χ0) is 14.1. The van der Waals surface area contributed by atoms with Crippen LogP contribution in [0.1, 0.15) is 22.7 Å². The maximum Gasteiger partial charge on any atom is 0.325 e. The van der Waals surface area contributed by atoms with E-state index in [2.05, 4.69) is 0 Å². The summed E-state index contributed by atoms with van der Waals surface area (Å²) in [5, 5.41) is 10.3. The van der Waals surface area contributed by atoms with E-state index in [-0.39, 0.29) is 0 Å². The monoisotopic (exact) mass is 291 g/mol. The summed E-state index contributed by atoms with van der Waals surface area (Å²) in [6.45, 7) is 1.25. The topological polar surface area (TPSA) is 53.7 Å². The molecular weight excluding hydrogens is 278 g/mol. The Balaban J connectivity index is 1.90. The normalized spacial score (nSPS) is 16.6. The van der Waals surface area contributed by atoms with E-state index in [0.29, 0.717) is 18.7 Å². The van der Waals surface area contributed by atoms with E-state index in [0.717, 1.165) is 22.6 Å². The van der Waals surface area contributed by atoms with Crippen LogP contribution in [0.5, 0.6) is 0 Å². The molecule has 3 rings (SSSR count). The van der Waals surface area contributed by atoms with Gasteiger partial charge in [-0.3, -0.25) is 9.69 Å². The summed E-state index contributed by atoms with van der Waals surface area (Å²) >= 11 is 6.18.